The average molecular weight is 216 g/mol. The Morgan fingerprint density at radius 3 is 2.47 bits per heavy atom. The molecule has 1 aliphatic rings. The molecule has 3 N–H and O–H groups in total. The second-order valence-electron chi connectivity index (χ2n) is 4.41. The highest BCUT2D eigenvalue weighted by Gasteiger charge is 2.42. The predicted octanol–water partition coefficient (Wildman–Crippen LogP) is 1.06. The molecule has 15 heavy (non-hydrogen) atoms. The molecular weight excluding hydrogens is 192 g/mol. The van der Waals surface area contributed by atoms with Gasteiger partial charge in [0.05, 0.1) is 11.6 Å². The van der Waals surface area contributed by atoms with Crippen LogP contribution in [0.3, 0.4) is 0 Å². The van der Waals surface area contributed by atoms with Gasteiger partial charge in [-0.2, -0.15) is 0 Å². The summed E-state index contributed by atoms with van der Waals surface area (Å²) in [6, 6.07) is 0.205. The molecule has 90 valence electrons. The van der Waals surface area contributed by atoms with Gasteiger partial charge >= 0.3 is 0 Å². The fourth-order valence-corrected chi connectivity index (χ4v) is 2.43. The van der Waals surface area contributed by atoms with Crippen molar-refractivity contribution >= 4 is 0 Å². The molecule has 1 rings (SSSR count). The van der Waals surface area contributed by atoms with E-state index in [4.69, 9.17) is 15.3 Å². The molecule has 0 aromatic heterocycles. The van der Waals surface area contributed by atoms with E-state index in [-0.39, 0.29) is 11.6 Å². The van der Waals surface area contributed by atoms with E-state index in [0.29, 0.717) is 5.92 Å². The number of ether oxygens (including phenoxy) is 2. The van der Waals surface area contributed by atoms with Gasteiger partial charge in [0, 0.05) is 33.2 Å². The highest BCUT2D eigenvalue weighted by Crippen LogP contribution is 2.32. The van der Waals surface area contributed by atoms with Crippen LogP contribution in [0.4, 0.5) is 0 Å². The van der Waals surface area contributed by atoms with E-state index in [2.05, 4.69) is 19.3 Å². The topological polar surface area (TPSA) is 56.5 Å². The summed E-state index contributed by atoms with van der Waals surface area (Å²) in [7, 11) is 1.78. The minimum Gasteiger partial charge on any atom is -0.381 e. The number of hydrogen-bond acceptors (Lipinski definition) is 4. The number of nitrogens with two attached hydrogens (primary N) is 1. The van der Waals surface area contributed by atoms with Crippen LogP contribution in [0.1, 0.15) is 33.1 Å². The summed E-state index contributed by atoms with van der Waals surface area (Å²) in [6.45, 7) is 5.92. The van der Waals surface area contributed by atoms with Crippen molar-refractivity contribution in [2.24, 2.45) is 11.8 Å². The number of rotatable bonds is 5. The Labute approximate surface area is 92.5 Å². The molecule has 1 saturated heterocycles. The number of hydrogen-bond donors (Lipinski definition) is 2. The normalized spacial score (nSPS) is 24.8. The van der Waals surface area contributed by atoms with Crippen LogP contribution in [0.25, 0.3) is 0 Å². The monoisotopic (exact) mass is 216 g/mol. The van der Waals surface area contributed by atoms with Gasteiger partial charge in [-0.1, -0.05) is 20.3 Å². The Morgan fingerprint density at radius 2 is 2.07 bits per heavy atom. The lowest BCUT2D eigenvalue weighted by atomic mass is 9.79. The van der Waals surface area contributed by atoms with Gasteiger partial charge in [-0.05, 0) is 5.92 Å². The van der Waals surface area contributed by atoms with Gasteiger partial charge in [0.25, 0.3) is 0 Å². The van der Waals surface area contributed by atoms with Crippen molar-refractivity contribution in [3.63, 3.8) is 0 Å². The fourth-order valence-electron chi connectivity index (χ4n) is 2.43. The molecule has 2 atom stereocenters. The smallest absolute Gasteiger partial charge is 0.0890 e. The molecule has 0 spiro atoms. The van der Waals surface area contributed by atoms with Gasteiger partial charge in [0.1, 0.15) is 0 Å². The fraction of sp³-hybridized carbons (Fsp3) is 1.00. The van der Waals surface area contributed by atoms with E-state index >= 15 is 0 Å². The van der Waals surface area contributed by atoms with Gasteiger partial charge < -0.3 is 9.47 Å². The molecule has 1 fully saturated rings. The van der Waals surface area contributed by atoms with Crippen LogP contribution in [-0.4, -0.2) is 32.0 Å². The number of nitrogens with one attached hydrogen (secondary N) is 1. The summed E-state index contributed by atoms with van der Waals surface area (Å²) in [4.78, 5) is 0. The predicted molar refractivity (Wildman–Crippen MR) is 60.4 cm³/mol. The van der Waals surface area contributed by atoms with Crippen LogP contribution < -0.4 is 11.3 Å². The first-order valence-corrected chi connectivity index (χ1v) is 5.79. The van der Waals surface area contributed by atoms with Crippen molar-refractivity contribution in [2.45, 2.75) is 44.8 Å². The van der Waals surface area contributed by atoms with Crippen molar-refractivity contribution in [1.29, 1.82) is 0 Å². The zero-order valence-corrected chi connectivity index (χ0v) is 10.1. The summed E-state index contributed by atoms with van der Waals surface area (Å²) in [5, 5.41) is 0. The third-order valence-corrected chi connectivity index (χ3v) is 3.71. The molecular formula is C11H24N2O2. The molecule has 4 nitrogen and oxygen atoms in total. The summed E-state index contributed by atoms with van der Waals surface area (Å²) < 4.78 is 11.1. The van der Waals surface area contributed by atoms with E-state index in [9.17, 15) is 0 Å². The molecule has 0 saturated carbocycles. The van der Waals surface area contributed by atoms with Gasteiger partial charge in [-0.15, -0.1) is 0 Å². The second-order valence-corrected chi connectivity index (χ2v) is 4.41. The summed E-state index contributed by atoms with van der Waals surface area (Å²) >= 11 is 0. The lowest BCUT2D eigenvalue weighted by molar-refractivity contribution is -0.119. The zero-order chi connectivity index (χ0) is 11.3. The highest BCUT2D eigenvalue weighted by molar-refractivity contribution is 4.96. The van der Waals surface area contributed by atoms with E-state index in [1.54, 1.807) is 7.11 Å². The first kappa shape index (κ1) is 12.9. The molecule has 1 heterocycles. The van der Waals surface area contributed by atoms with Crippen LogP contribution in [0, 0.1) is 5.92 Å². The van der Waals surface area contributed by atoms with Crippen LogP contribution >= 0.6 is 0 Å². The molecule has 0 bridgehead atoms. The van der Waals surface area contributed by atoms with E-state index in [1.165, 1.54) is 0 Å². The molecule has 0 aromatic carbocycles. The minimum absolute atomic E-state index is 0.150. The second kappa shape index (κ2) is 5.80. The molecule has 0 radical (unpaired) electrons. The molecule has 1 aliphatic heterocycles. The highest BCUT2D eigenvalue weighted by atomic mass is 16.5. The van der Waals surface area contributed by atoms with E-state index in [0.717, 1.165) is 32.5 Å². The van der Waals surface area contributed by atoms with Crippen molar-refractivity contribution in [3.8, 4) is 0 Å². The van der Waals surface area contributed by atoms with Crippen molar-refractivity contribution in [1.82, 2.24) is 5.43 Å². The van der Waals surface area contributed by atoms with Crippen LogP contribution in [0.15, 0.2) is 0 Å². The van der Waals surface area contributed by atoms with E-state index < -0.39 is 0 Å². The Bertz CT molecular complexity index is 181. The first-order chi connectivity index (χ1) is 7.20. The largest absolute Gasteiger partial charge is 0.381 e. The molecule has 0 aromatic rings. The Hall–Kier alpha value is -0.160. The lowest BCUT2D eigenvalue weighted by Crippen LogP contribution is -2.59. The van der Waals surface area contributed by atoms with Gasteiger partial charge in [0.15, 0.2) is 0 Å². The number of methoxy groups -OCH3 is 1. The Kier molecular flexibility index (Phi) is 4.99. The van der Waals surface area contributed by atoms with Crippen LogP contribution in [-0.2, 0) is 9.47 Å². The maximum Gasteiger partial charge on any atom is 0.0890 e. The summed E-state index contributed by atoms with van der Waals surface area (Å²) in [5.74, 6) is 6.18. The molecule has 0 amide bonds. The maximum absolute atomic E-state index is 5.73. The van der Waals surface area contributed by atoms with E-state index in [1.807, 2.05) is 0 Å². The maximum atomic E-state index is 5.73. The van der Waals surface area contributed by atoms with Crippen molar-refractivity contribution in [3.05, 3.63) is 0 Å². The standard InChI is InChI=1S/C11H24N2O2/c1-4-9(2)10(13-12)11(14-3)5-7-15-8-6-11/h9-10,13H,4-8,12H2,1-3H3. The first-order valence-electron chi connectivity index (χ1n) is 5.79. The SMILES string of the molecule is CCC(C)C(NN)C1(OC)CCOCC1. The quantitative estimate of drug-likeness (QED) is 0.533. The van der Waals surface area contributed by atoms with Crippen LogP contribution in [0.2, 0.25) is 0 Å². The van der Waals surface area contributed by atoms with Gasteiger partial charge in [-0.3, -0.25) is 11.3 Å². The average Bonchev–Trinajstić information content (AvgIpc) is 2.30. The lowest BCUT2D eigenvalue weighted by Gasteiger charge is -2.44. The minimum atomic E-state index is -0.150. The Balaban J connectivity index is 2.75. The van der Waals surface area contributed by atoms with Gasteiger partial charge in [0.2, 0.25) is 0 Å². The third kappa shape index (κ3) is 2.69. The zero-order valence-electron chi connectivity index (χ0n) is 10.1. The molecule has 0 aliphatic carbocycles. The van der Waals surface area contributed by atoms with Crippen molar-refractivity contribution in [2.75, 3.05) is 20.3 Å². The summed E-state index contributed by atoms with van der Waals surface area (Å²) in [5.41, 5.74) is 2.78. The van der Waals surface area contributed by atoms with Crippen molar-refractivity contribution < 1.29 is 9.47 Å². The van der Waals surface area contributed by atoms with Gasteiger partial charge in [-0.25, -0.2) is 0 Å². The van der Waals surface area contributed by atoms with Crippen LogP contribution in [0.5, 0.6) is 0 Å². The third-order valence-electron chi connectivity index (χ3n) is 3.71. The summed E-state index contributed by atoms with van der Waals surface area (Å²) in [6.07, 6.45) is 2.94. The number of hydrazine groups is 1. The molecule has 2 unspecified atom stereocenters. The Morgan fingerprint density at radius 1 is 1.47 bits per heavy atom. The molecule has 4 heteroatoms.